The van der Waals surface area contributed by atoms with Gasteiger partial charge in [-0.25, -0.2) is 5.48 Å². The third-order valence-corrected chi connectivity index (χ3v) is 5.80. The van der Waals surface area contributed by atoms with Crippen molar-refractivity contribution in [2.75, 3.05) is 13.6 Å². The van der Waals surface area contributed by atoms with Crippen LogP contribution in [-0.2, 0) is 20.8 Å². The second-order valence-corrected chi connectivity index (χ2v) is 8.15. The van der Waals surface area contributed by atoms with Gasteiger partial charge in [0.1, 0.15) is 6.04 Å². The van der Waals surface area contributed by atoms with Gasteiger partial charge in [-0.3, -0.25) is 19.6 Å². The molecule has 1 aliphatic carbocycles. The van der Waals surface area contributed by atoms with E-state index in [-0.39, 0.29) is 11.8 Å². The number of rotatable bonds is 11. The van der Waals surface area contributed by atoms with Crippen LogP contribution in [0.5, 0.6) is 0 Å². The molecule has 7 nitrogen and oxygen atoms in total. The number of hydrogen-bond acceptors (Lipinski definition) is 4. The summed E-state index contributed by atoms with van der Waals surface area (Å²) in [6.45, 7) is 4.04. The minimum atomic E-state index is -0.721. The van der Waals surface area contributed by atoms with Gasteiger partial charge in [0.25, 0.3) is 5.91 Å². The fourth-order valence-electron chi connectivity index (χ4n) is 3.68. The molecular weight excluding hydrogens is 370 g/mol. The average molecular weight is 404 g/mol. The first-order chi connectivity index (χ1) is 13.8. The molecule has 1 fully saturated rings. The highest BCUT2D eigenvalue weighted by atomic mass is 16.5. The first kappa shape index (κ1) is 22.9. The van der Waals surface area contributed by atoms with E-state index in [0.29, 0.717) is 25.8 Å². The summed E-state index contributed by atoms with van der Waals surface area (Å²) in [4.78, 5) is 37.7. The number of aryl methyl sites for hydroxylation is 2. The van der Waals surface area contributed by atoms with Gasteiger partial charge in [0.05, 0.1) is 0 Å². The molecule has 7 heteroatoms. The quantitative estimate of drug-likeness (QED) is 0.300. The Morgan fingerprint density at radius 1 is 1.17 bits per heavy atom. The number of benzene rings is 1. The molecule has 0 aliphatic heterocycles. The van der Waals surface area contributed by atoms with Crippen molar-refractivity contribution in [1.29, 1.82) is 0 Å². The summed E-state index contributed by atoms with van der Waals surface area (Å²) < 4.78 is 0. The standard InChI is InChI=1S/C22H33N3O4/c1-16-7-9-18(10-8-16)11-12-22(13-14-22)21(28)25(3)19(20(27)24-29)6-4-5-15-23-17(2)26/h7-10,19,29H,4-6,11-15H2,1-3H3,(H,23,26)(H,24,27). The molecule has 1 unspecified atom stereocenters. The fourth-order valence-corrected chi connectivity index (χ4v) is 3.68. The number of likely N-dealkylation sites (N-methyl/N-ethyl adjacent to an activating group) is 1. The van der Waals surface area contributed by atoms with Gasteiger partial charge in [-0.1, -0.05) is 29.8 Å². The SMILES string of the molecule is CC(=O)NCCCCC(C(=O)NO)N(C)C(=O)C1(CCc2ccc(C)cc2)CC1. The summed E-state index contributed by atoms with van der Waals surface area (Å²) in [7, 11) is 1.64. The maximum absolute atomic E-state index is 13.1. The fraction of sp³-hybridized carbons (Fsp3) is 0.591. The summed E-state index contributed by atoms with van der Waals surface area (Å²) in [6, 6.07) is 7.62. The number of carbonyl (C=O) groups excluding carboxylic acids is 3. The first-order valence-electron chi connectivity index (χ1n) is 10.3. The molecule has 1 aromatic carbocycles. The van der Waals surface area contributed by atoms with Crippen LogP contribution in [-0.4, -0.2) is 47.5 Å². The van der Waals surface area contributed by atoms with E-state index in [1.807, 2.05) is 6.92 Å². The van der Waals surface area contributed by atoms with E-state index in [1.54, 1.807) is 12.5 Å². The summed E-state index contributed by atoms with van der Waals surface area (Å²) in [6.07, 6.45) is 5.04. The van der Waals surface area contributed by atoms with Gasteiger partial charge < -0.3 is 10.2 Å². The summed E-state index contributed by atoms with van der Waals surface area (Å²) in [5.41, 5.74) is 3.71. The third kappa shape index (κ3) is 6.56. The molecular formula is C22H33N3O4. The maximum Gasteiger partial charge on any atom is 0.266 e. The van der Waals surface area contributed by atoms with Crippen LogP contribution in [0.4, 0.5) is 0 Å². The van der Waals surface area contributed by atoms with Crippen LogP contribution in [0.15, 0.2) is 24.3 Å². The lowest BCUT2D eigenvalue weighted by Crippen LogP contribution is -2.49. The minimum Gasteiger partial charge on any atom is -0.356 e. The van der Waals surface area contributed by atoms with Gasteiger partial charge in [0, 0.05) is 25.9 Å². The molecule has 3 amide bonds. The zero-order valence-corrected chi connectivity index (χ0v) is 17.7. The maximum atomic E-state index is 13.1. The van der Waals surface area contributed by atoms with Crippen molar-refractivity contribution in [2.45, 2.75) is 64.8 Å². The molecule has 29 heavy (non-hydrogen) atoms. The molecule has 1 atom stereocenters. The van der Waals surface area contributed by atoms with E-state index in [0.717, 1.165) is 25.7 Å². The highest BCUT2D eigenvalue weighted by Crippen LogP contribution is 2.51. The highest BCUT2D eigenvalue weighted by Gasteiger charge is 2.51. The molecule has 0 spiro atoms. The van der Waals surface area contributed by atoms with Crippen molar-refractivity contribution in [3.63, 3.8) is 0 Å². The number of nitrogens with one attached hydrogen (secondary N) is 2. The lowest BCUT2D eigenvalue weighted by atomic mass is 9.94. The molecule has 0 heterocycles. The van der Waals surface area contributed by atoms with Crippen LogP contribution in [0.2, 0.25) is 0 Å². The van der Waals surface area contributed by atoms with Crippen LogP contribution in [0.25, 0.3) is 0 Å². The van der Waals surface area contributed by atoms with Crippen molar-refractivity contribution in [1.82, 2.24) is 15.7 Å². The van der Waals surface area contributed by atoms with Gasteiger partial charge in [-0.15, -0.1) is 0 Å². The Bertz CT molecular complexity index is 713. The lowest BCUT2D eigenvalue weighted by molar-refractivity contribution is -0.146. The third-order valence-electron chi connectivity index (χ3n) is 5.80. The second-order valence-electron chi connectivity index (χ2n) is 8.15. The van der Waals surface area contributed by atoms with E-state index < -0.39 is 17.4 Å². The zero-order chi connectivity index (χ0) is 21.4. The predicted octanol–water partition coefficient (Wildman–Crippen LogP) is 2.35. The average Bonchev–Trinajstić information content (AvgIpc) is 3.49. The molecule has 0 aromatic heterocycles. The largest absolute Gasteiger partial charge is 0.356 e. The van der Waals surface area contributed by atoms with Gasteiger partial charge in [-0.2, -0.15) is 0 Å². The van der Waals surface area contributed by atoms with Gasteiger partial charge in [0.2, 0.25) is 11.8 Å². The summed E-state index contributed by atoms with van der Waals surface area (Å²) in [5, 5.41) is 11.8. The lowest BCUT2D eigenvalue weighted by Gasteiger charge is -2.30. The van der Waals surface area contributed by atoms with Crippen molar-refractivity contribution < 1.29 is 19.6 Å². The summed E-state index contributed by atoms with van der Waals surface area (Å²) in [5.74, 6) is -0.694. The van der Waals surface area contributed by atoms with Gasteiger partial charge in [-0.05, 0) is 57.4 Å². The molecule has 2 rings (SSSR count). The van der Waals surface area contributed by atoms with Crippen LogP contribution in [0, 0.1) is 12.3 Å². The Morgan fingerprint density at radius 2 is 1.83 bits per heavy atom. The second kappa shape index (κ2) is 10.4. The molecule has 3 N–H and O–H groups in total. The van der Waals surface area contributed by atoms with Gasteiger partial charge in [0.15, 0.2) is 0 Å². The van der Waals surface area contributed by atoms with Crippen LogP contribution >= 0.6 is 0 Å². The number of hydroxylamine groups is 1. The summed E-state index contributed by atoms with van der Waals surface area (Å²) >= 11 is 0. The monoisotopic (exact) mass is 403 g/mol. The van der Waals surface area contributed by atoms with Crippen molar-refractivity contribution in [3.8, 4) is 0 Å². The molecule has 1 saturated carbocycles. The highest BCUT2D eigenvalue weighted by molar-refractivity contribution is 5.91. The van der Waals surface area contributed by atoms with E-state index >= 15 is 0 Å². The predicted molar refractivity (Wildman–Crippen MR) is 110 cm³/mol. The van der Waals surface area contributed by atoms with E-state index in [4.69, 9.17) is 5.21 Å². The van der Waals surface area contributed by atoms with Gasteiger partial charge >= 0.3 is 0 Å². The Hall–Kier alpha value is -2.41. The van der Waals surface area contributed by atoms with Crippen LogP contribution in [0.1, 0.15) is 56.6 Å². The number of carbonyl (C=O) groups is 3. The number of hydrogen-bond donors (Lipinski definition) is 3. The van der Waals surface area contributed by atoms with E-state index in [2.05, 4.69) is 29.6 Å². The number of unbranched alkanes of at least 4 members (excludes halogenated alkanes) is 1. The minimum absolute atomic E-state index is 0.0277. The smallest absolute Gasteiger partial charge is 0.266 e. The Labute approximate surface area is 172 Å². The topological polar surface area (TPSA) is 98.7 Å². The number of amides is 3. The van der Waals surface area contributed by atoms with Crippen molar-refractivity contribution >= 4 is 17.7 Å². The van der Waals surface area contributed by atoms with Crippen LogP contribution < -0.4 is 10.8 Å². The molecule has 160 valence electrons. The molecule has 0 radical (unpaired) electrons. The Kier molecular flexibility index (Phi) is 8.20. The molecule has 1 aliphatic rings. The number of nitrogens with zero attached hydrogens (tertiary/aromatic N) is 1. The Morgan fingerprint density at radius 3 is 2.38 bits per heavy atom. The van der Waals surface area contributed by atoms with Crippen LogP contribution in [0.3, 0.4) is 0 Å². The normalized spacial score (nSPS) is 15.3. The molecule has 1 aromatic rings. The van der Waals surface area contributed by atoms with Crippen molar-refractivity contribution in [2.24, 2.45) is 5.41 Å². The zero-order valence-electron chi connectivity index (χ0n) is 17.7. The van der Waals surface area contributed by atoms with E-state index in [1.165, 1.54) is 23.0 Å². The Balaban J connectivity index is 1.93. The molecule has 0 bridgehead atoms. The van der Waals surface area contributed by atoms with Crippen molar-refractivity contribution in [3.05, 3.63) is 35.4 Å². The molecule has 0 saturated heterocycles. The first-order valence-corrected chi connectivity index (χ1v) is 10.3. The van der Waals surface area contributed by atoms with E-state index in [9.17, 15) is 14.4 Å².